The molecular weight excluding hydrogens is 220 g/mol. The number of aromatic nitrogens is 1. The molecule has 0 saturated heterocycles. The topological polar surface area (TPSA) is 45.2 Å². The molecule has 1 unspecified atom stereocenters. The fourth-order valence-electron chi connectivity index (χ4n) is 2.01. The van der Waals surface area contributed by atoms with E-state index in [1.165, 1.54) is 4.88 Å². The largest absolute Gasteiger partial charge is 0.396 e. The van der Waals surface area contributed by atoms with Crippen molar-refractivity contribution in [3.8, 4) is 0 Å². The van der Waals surface area contributed by atoms with Crippen molar-refractivity contribution in [1.29, 1.82) is 0 Å². The molecule has 4 heteroatoms. The Bertz CT molecular complexity index is 375. The zero-order chi connectivity index (χ0) is 11.5. The van der Waals surface area contributed by atoms with E-state index in [-0.39, 0.29) is 6.61 Å². The lowest BCUT2D eigenvalue weighted by molar-refractivity contribution is 0.245. The van der Waals surface area contributed by atoms with Crippen LogP contribution in [0.5, 0.6) is 0 Å². The molecular formula is C12H18N2OS. The van der Waals surface area contributed by atoms with Gasteiger partial charge in [0.25, 0.3) is 0 Å². The number of nitrogens with zero attached hydrogens (tertiary/aromatic N) is 1. The molecule has 3 nitrogen and oxygen atoms in total. The molecule has 88 valence electrons. The van der Waals surface area contributed by atoms with Gasteiger partial charge in [-0.05, 0) is 20.3 Å². The Balaban J connectivity index is 1.89. The van der Waals surface area contributed by atoms with Gasteiger partial charge in [-0.2, -0.15) is 0 Å². The molecule has 0 spiro atoms. The van der Waals surface area contributed by atoms with Crippen LogP contribution in [0.1, 0.15) is 29.3 Å². The average Bonchev–Trinajstić information content (AvgIpc) is 2.87. The van der Waals surface area contributed by atoms with Crippen LogP contribution in [0.4, 0.5) is 0 Å². The summed E-state index contributed by atoms with van der Waals surface area (Å²) in [5.74, 6) is 0.327. The lowest BCUT2D eigenvalue weighted by atomic mass is 10.1. The van der Waals surface area contributed by atoms with Gasteiger partial charge in [0.15, 0.2) is 0 Å². The second kappa shape index (κ2) is 5.08. The van der Waals surface area contributed by atoms with E-state index in [1.54, 1.807) is 11.3 Å². The standard InChI is InChI=1S/C12H18N2OS/c1-8(12-6-13-9(2)16-12)14-11-4-3-10(5-11)7-15/h3-4,6,8,10-11,14-15H,5,7H2,1-2H3/t8?,10-,11+/m0/s1. The van der Waals surface area contributed by atoms with Gasteiger partial charge < -0.3 is 10.4 Å². The first-order chi connectivity index (χ1) is 7.69. The van der Waals surface area contributed by atoms with E-state index in [0.29, 0.717) is 18.0 Å². The number of aliphatic hydroxyl groups excluding tert-OH is 1. The summed E-state index contributed by atoms with van der Waals surface area (Å²) in [6.45, 7) is 4.44. The third kappa shape index (κ3) is 2.70. The highest BCUT2D eigenvalue weighted by atomic mass is 32.1. The Morgan fingerprint density at radius 1 is 1.62 bits per heavy atom. The Morgan fingerprint density at radius 2 is 2.44 bits per heavy atom. The summed E-state index contributed by atoms with van der Waals surface area (Å²) >= 11 is 1.74. The lowest BCUT2D eigenvalue weighted by Gasteiger charge is -2.17. The lowest BCUT2D eigenvalue weighted by Crippen LogP contribution is -2.28. The predicted molar refractivity (Wildman–Crippen MR) is 66.5 cm³/mol. The van der Waals surface area contributed by atoms with Gasteiger partial charge >= 0.3 is 0 Å². The third-order valence-electron chi connectivity index (χ3n) is 2.94. The maximum atomic E-state index is 9.05. The smallest absolute Gasteiger partial charge is 0.0897 e. The number of aryl methyl sites for hydroxylation is 1. The molecule has 1 aliphatic rings. The Morgan fingerprint density at radius 3 is 3.00 bits per heavy atom. The molecule has 0 radical (unpaired) electrons. The summed E-state index contributed by atoms with van der Waals surface area (Å²) in [4.78, 5) is 5.54. The summed E-state index contributed by atoms with van der Waals surface area (Å²) in [5.41, 5.74) is 0. The van der Waals surface area contributed by atoms with Crippen molar-refractivity contribution < 1.29 is 5.11 Å². The maximum Gasteiger partial charge on any atom is 0.0897 e. The fraction of sp³-hybridized carbons (Fsp3) is 0.583. The molecule has 0 fully saturated rings. The minimum Gasteiger partial charge on any atom is -0.396 e. The normalized spacial score (nSPS) is 26.2. The minimum atomic E-state index is 0.253. The van der Waals surface area contributed by atoms with Crippen molar-refractivity contribution in [2.24, 2.45) is 5.92 Å². The molecule has 3 atom stereocenters. The summed E-state index contributed by atoms with van der Waals surface area (Å²) in [5, 5.41) is 13.7. The quantitative estimate of drug-likeness (QED) is 0.789. The second-order valence-corrected chi connectivity index (χ2v) is 5.61. The summed E-state index contributed by atoms with van der Waals surface area (Å²) in [6.07, 6.45) is 7.20. The van der Waals surface area contributed by atoms with Gasteiger partial charge in [-0.25, -0.2) is 4.98 Å². The van der Waals surface area contributed by atoms with E-state index in [9.17, 15) is 0 Å². The van der Waals surface area contributed by atoms with Crippen LogP contribution in [0.3, 0.4) is 0 Å². The van der Waals surface area contributed by atoms with Crippen LogP contribution in [0.15, 0.2) is 18.3 Å². The van der Waals surface area contributed by atoms with Crippen molar-refractivity contribution in [3.05, 3.63) is 28.2 Å². The molecule has 1 aromatic heterocycles. The van der Waals surface area contributed by atoms with E-state index in [4.69, 9.17) is 5.11 Å². The van der Waals surface area contributed by atoms with Crippen LogP contribution in [-0.4, -0.2) is 22.7 Å². The Hall–Kier alpha value is -0.710. The predicted octanol–water partition coefficient (Wildman–Crippen LogP) is 2.04. The summed E-state index contributed by atoms with van der Waals surface area (Å²) in [6, 6.07) is 0.716. The first-order valence-electron chi connectivity index (χ1n) is 5.66. The average molecular weight is 238 g/mol. The molecule has 0 saturated carbocycles. The molecule has 16 heavy (non-hydrogen) atoms. The van der Waals surface area contributed by atoms with Gasteiger partial charge in [0.2, 0.25) is 0 Å². The van der Waals surface area contributed by atoms with E-state index in [1.807, 2.05) is 13.1 Å². The first kappa shape index (κ1) is 11.8. The van der Waals surface area contributed by atoms with Gasteiger partial charge in [0.05, 0.1) is 5.01 Å². The first-order valence-corrected chi connectivity index (χ1v) is 6.48. The van der Waals surface area contributed by atoms with Crippen LogP contribution in [0.25, 0.3) is 0 Å². The van der Waals surface area contributed by atoms with Crippen molar-refractivity contribution in [2.45, 2.75) is 32.4 Å². The number of hydrogen-bond donors (Lipinski definition) is 2. The summed E-state index contributed by atoms with van der Waals surface area (Å²) in [7, 11) is 0. The molecule has 1 heterocycles. The molecule has 1 aromatic rings. The number of aliphatic hydroxyl groups is 1. The van der Waals surface area contributed by atoms with Crippen molar-refractivity contribution in [3.63, 3.8) is 0 Å². The summed E-state index contributed by atoms with van der Waals surface area (Å²) < 4.78 is 0. The fourth-order valence-corrected chi connectivity index (χ4v) is 2.81. The molecule has 2 N–H and O–H groups in total. The Labute approximate surface area is 100 Å². The molecule has 0 bridgehead atoms. The maximum absolute atomic E-state index is 9.05. The van der Waals surface area contributed by atoms with Crippen LogP contribution in [-0.2, 0) is 0 Å². The van der Waals surface area contributed by atoms with Gasteiger partial charge in [-0.1, -0.05) is 12.2 Å². The van der Waals surface area contributed by atoms with E-state index in [2.05, 4.69) is 29.4 Å². The molecule has 0 aliphatic heterocycles. The zero-order valence-corrected chi connectivity index (χ0v) is 10.5. The molecule has 0 aromatic carbocycles. The highest BCUT2D eigenvalue weighted by Crippen LogP contribution is 2.24. The van der Waals surface area contributed by atoms with E-state index >= 15 is 0 Å². The van der Waals surface area contributed by atoms with Crippen LogP contribution < -0.4 is 5.32 Å². The molecule has 1 aliphatic carbocycles. The number of nitrogens with one attached hydrogen (secondary N) is 1. The van der Waals surface area contributed by atoms with Crippen LogP contribution in [0.2, 0.25) is 0 Å². The van der Waals surface area contributed by atoms with E-state index < -0.39 is 0 Å². The zero-order valence-electron chi connectivity index (χ0n) is 9.68. The minimum absolute atomic E-state index is 0.253. The van der Waals surface area contributed by atoms with E-state index in [0.717, 1.165) is 11.4 Å². The number of rotatable bonds is 4. The Kier molecular flexibility index (Phi) is 3.74. The third-order valence-corrected chi connectivity index (χ3v) is 4.03. The highest BCUT2D eigenvalue weighted by molar-refractivity contribution is 7.11. The van der Waals surface area contributed by atoms with Crippen molar-refractivity contribution in [1.82, 2.24) is 10.3 Å². The second-order valence-electron chi connectivity index (χ2n) is 4.34. The van der Waals surface area contributed by atoms with Crippen molar-refractivity contribution >= 4 is 11.3 Å². The molecule has 2 rings (SSSR count). The van der Waals surface area contributed by atoms with Gasteiger partial charge in [-0.15, -0.1) is 11.3 Å². The van der Waals surface area contributed by atoms with Crippen LogP contribution >= 0.6 is 11.3 Å². The van der Waals surface area contributed by atoms with Gasteiger partial charge in [-0.3, -0.25) is 0 Å². The monoisotopic (exact) mass is 238 g/mol. The van der Waals surface area contributed by atoms with Gasteiger partial charge in [0, 0.05) is 35.7 Å². The number of hydrogen-bond acceptors (Lipinski definition) is 4. The SMILES string of the molecule is Cc1ncc(C(C)N[C@@H]2C=C[C@H](CO)C2)s1. The number of thiazole rings is 1. The van der Waals surface area contributed by atoms with Crippen LogP contribution in [0, 0.1) is 12.8 Å². The molecule has 0 amide bonds. The highest BCUT2D eigenvalue weighted by Gasteiger charge is 2.20. The van der Waals surface area contributed by atoms with Gasteiger partial charge in [0.1, 0.15) is 0 Å². The van der Waals surface area contributed by atoms with Crippen molar-refractivity contribution in [2.75, 3.05) is 6.61 Å².